The number of fused-ring (bicyclic) bond motifs is 1. The van der Waals surface area contributed by atoms with Crippen LogP contribution < -0.4 is 19.5 Å². The molecular formula is C26H24ClN3O5. The van der Waals surface area contributed by atoms with Crippen LogP contribution in [0.25, 0.3) is 10.9 Å². The number of hydrogen-bond acceptors (Lipinski definition) is 7. The van der Waals surface area contributed by atoms with Gasteiger partial charge in [-0.1, -0.05) is 29.8 Å². The first kappa shape index (κ1) is 24.2. The number of hydrogen-bond donors (Lipinski definition) is 1. The van der Waals surface area contributed by atoms with Crippen LogP contribution in [0.3, 0.4) is 0 Å². The molecule has 9 heteroatoms. The number of ketones is 1. The van der Waals surface area contributed by atoms with Gasteiger partial charge in [0.1, 0.15) is 16.6 Å². The van der Waals surface area contributed by atoms with Gasteiger partial charge in [-0.15, -0.1) is 0 Å². The number of pyridine rings is 2. The van der Waals surface area contributed by atoms with Crippen molar-refractivity contribution in [3.05, 3.63) is 65.5 Å². The van der Waals surface area contributed by atoms with Gasteiger partial charge in [0, 0.05) is 24.1 Å². The number of nitrogens with one attached hydrogen (secondary N) is 1. The summed E-state index contributed by atoms with van der Waals surface area (Å²) in [6.07, 6.45) is 10.9. The van der Waals surface area contributed by atoms with Crippen molar-refractivity contribution in [1.82, 2.24) is 9.97 Å². The molecule has 1 N–H and O–H groups in total. The van der Waals surface area contributed by atoms with Crippen LogP contribution in [0, 0.1) is 0 Å². The number of benzene rings is 1. The van der Waals surface area contributed by atoms with Crippen molar-refractivity contribution in [1.29, 1.82) is 0 Å². The lowest BCUT2D eigenvalue weighted by molar-refractivity contribution is -0.125. The van der Waals surface area contributed by atoms with E-state index in [1.165, 1.54) is 12.3 Å². The number of ether oxygens (including phenoxy) is 3. The first-order valence-electron chi connectivity index (χ1n) is 11.0. The van der Waals surface area contributed by atoms with E-state index in [-0.39, 0.29) is 29.5 Å². The normalized spacial score (nSPS) is 12.7. The number of Topliss-reactive ketones (excluding diaryl/α,β-unsaturated/α-hetero) is 1. The molecule has 3 aromatic rings. The Morgan fingerprint density at radius 1 is 1.06 bits per heavy atom. The monoisotopic (exact) mass is 493 g/mol. The van der Waals surface area contributed by atoms with E-state index in [9.17, 15) is 9.59 Å². The van der Waals surface area contributed by atoms with Crippen LogP contribution in [-0.2, 0) is 9.59 Å². The van der Waals surface area contributed by atoms with Crippen molar-refractivity contribution >= 4 is 39.9 Å². The molecule has 4 rings (SSSR count). The third-order valence-corrected chi connectivity index (χ3v) is 5.61. The van der Waals surface area contributed by atoms with E-state index < -0.39 is 5.91 Å². The number of carbonyl (C=O) groups is 2. The summed E-state index contributed by atoms with van der Waals surface area (Å²) in [6.45, 7) is 0. The lowest BCUT2D eigenvalue weighted by Crippen LogP contribution is -2.17. The van der Waals surface area contributed by atoms with E-state index in [0.29, 0.717) is 33.8 Å². The fraction of sp³-hybridized carbons (Fsp3) is 0.231. The van der Waals surface area contributed by atoms with Crippen LogP contribution in [-0.4, -0.2) is 35.9 Å². The van der Waals surface area contributed by atoms with Crippen molar-refractivity contribution < 1.29 is 23.8 Å². The molecule has 0 saturated carbocycles. The van der Waals surface area contributed by atoms with E-state index in [0.717, 1.165) is 18.4 Å². The molecular weight excluding hydrogens is 470 g/mol. The zero-order valence-electron chi connectivity index (χ0n) is 19.3. The number of aromatic nitrogens is 2. The molecule has 1 aliphatic carbocycles. The van der Waals surface area contributed by atoms with Crippen molar-refractivity contribution in [3.63, 3.8) is 0 Å². The average Bonchev–Trinajstić information content (AvgIpc) is 2.85. The summed E-state index contributed by atoms with van der Waals surface area (Å²) in [6, 6.07) is 6.71. The Morgan fingerprint density at radius 2 is 1.86 bits per heavy atom. The Bertz CT molecular complexity index is 1340. The number of halogens is 1. The summed E-state index contributed by atoms with van der Waals surface area (Å²) in [5, 5.41) is 3.53. The Balaban J connectivity index is 1.44. The fourth-order valence-electron chi connectivity index (χ4n) is 3.68. The number of nitrogens with zero attached hydrogens (tertiary/aromatic N) is 2. The largest absolute Gasteiger partial charge is 0.493 e. The van der Waals surface area contributed by atoms with Gasteiger partial charge in [0.15, 0.2) is 11.5 Å². The smallest absolute Gasteiger partial charge is 0.238 e. The molecule has 0 atom stereocenters. The predicted octanol–water partition coefficient (Wildman–Crippen LogP) is 5.66. The van der Waals surface area contributed by atoms with E-state index in [1.54, 1.807) is 38.6 Å². The second kappa shape index (κ2) is 11.0. The number of carbonyl (C=O) groups excluding carboxylic acids is 2. The second-order valence-electron chi connectivity index (χ2n) is 7.85. The van der Waals surface area contributed by atoms with Gasteiger partial charge in [-0.25, -0.2) is 4.98 Å². The summed E-state index contributed by atoms with van der Waals surface area (Å²) in [7, 11) is 3.10. The van der Waals surface area contributed by atoms with E-state index in [1.807, 2.05) is 18.2 Å². The molecule has 0 bridgehead atoms. The van der Waals surface area contributed by atoms with Crippen molar-refractivity contribution in [2.24, 2.45) is 0 Å². The van der Waals surface area contributed by atoms with Crippen molar-refractivity contribution in [3.8, 4) is 23.1 Å². The molecule has 1 aliphatic rings. The van der Waals surface area contributed by atoms with Crippen LogP contribution in [0.5, 0.6) is 23.1 Å². The number of rotatable bonds is 9. The molecule has 2 heterocycles. The molecule has 1 amide bonds. The third-order valence-electron chi connectivity index (χ3n) is 5.34. The molecule has 0 spiro atoms. The summed E-state index contributed by atoms with van der Waals surface area (Å²) in [4.78, 5) is 33.1. The van der Waals surface area contributed by atoms with E-state index >= 15 is 0 Å². The fourth-order valence-corrected chi connectivity index (χ4v) is 3.89. The van der Waals surface area contributed by atoms with Gasteiger partial charge in [0.05, 0.1) is 38.0 Å². The second-order valence-corrected chi connectivity index (χ2v) is 8.25. The van der Waals surface area contributed by atoms with Crippen molar-refractivity contribution in [2.75, 3.05) is 19.5 Å². The topological polar surface area (TPSA) is 99.6 Å². The molecule has 35 heavy (non-hydrogen) atoms. The maximum Gasteiger partial charge on any atom is 0.238 e. The van der Waals surface area contributed by atoms with E-state index in [4.69, 9.17) is 25.8 Å². The van der Waals surface area contributed by atoms with Gasteiger partial charge in [-0.3, -0.25) is 14.6 Å². The number of allylic oxidation sites excluding steroid dienone is 4. The van der Waals surface area contributed by atoms with Gasteiger partial charge < -0.3 is 19.5 Å². The highest BCUT2D eigenvalue weighted by Gasteiger charge is 2.15. The molecule has 8 nitrogen and oxygen atoms in total. The van der Waals surface area contributed by atoms with Gasteiger partial charge >= 0.3 is 0 Å². The quantitative estimate of drug-likeness (QED) is 0.384. The maximum absolute atomic E-state index is 12.3. The zero-order valence-corrected chi connectivity index (χ0v) is 20.1. The third kappa shape index (κ3) is 5.96. The standard InChI is InChI=1S/C26H24ClN3O5/c1-33-23-13-19-21(14-24(23)34-2)28-9-8-22(19)35-26-20(27)11-17(15-29-26)30-25(32)12-18(31)10-16-6-4-3-5-7-16/h4,6-9,11,13-15H,3,5,10,12H2,1-2H3,(H,30,32). The van der Waals surface area contributed by atoms with Crippen LogP contribution >= 0.6 is 11.6 Å². The highest BCUT2D eigenvalue weighted by atomic mass is 35.5. The summed E-state index contributed by atoms with van der Waals surface area (Å²) < 4.78 is 16.6. The Morgan fingerprint density at radius 3 is 2.57 bits per heavy atom. The number of methoxy groups -OCH3 is 2. The van der Waals surface area contributed by atoms with Crippen LogP contribution in [0.15, 0.2) is 60.5 Å². The zero-order chi connectivity index (χ0) is 24.8. The van der Waals surface area contributed by atoms with Crippen LogP contribution in [0.1, 0.15) is 25.7 Å². The van der Waals surface area contributed by atoms with E-state index in [2.05, 4.69) is 15.3 Å². The minimum atomic E-state index is -0.428. The van der Waals surface area contributed by atoms with Gasteiger partial charge in [-0.2, -0.15) is 0 Å². The molecule has 0 aliphatic heterocycles. The van der Waals surface area contributed by atoms with Crippen LogP contribution in [0.2, 0.25) is 5.02 Å². The molecule has 180 valence electrons. The minimum Gasteiger partial charge on any atom is -0.493 e. The molecule has 1 aromatic carbocycles. The first-order chi connectivity index (χ1) is 17.0. The molecule has 2 aromatic heterocycles. The highest BCUT2D eigenvalue weighted by molar-refractivity contribution is 6.32. The lowest BCUT2D eigenvalue weighted by Gasteiger charge is -2.13. The molecule has 0 saturated heterocycles. The molecule has 0 fully saturated rings. The molecule has 0 radical (unpaired) electrons. The van der Waals surface area contributed by atoms with Crippen LogP contribution in [0.4, 0.5) is 5.69 Å². The number of anilines is 1. The van der Waals surface area contributed by atoms with Gasteiger partial charge in [0.25, 0.3) is 0 Å². The highest BCUT2D eigenvalue weighted by Crippen LogP contribution is 2.38. The number of amides is 1. The molecule has 0 unspecified atom stereocenters. The Kier molecular flexibility index (Phi) is 7.62. The Labute approximate surface area is 207 Å². The SMILES string of the molecule is COc1cc2nccc(Oc3ncc(NC(=O)CC(=O)CC4=CCCC=C4)cc3Cl)c2cc1OC. The van der Waals surface area contributed by atoms with Crippen molar-refractivity contribution in [2.45, 2.75) is 25.7 Å². The summed E-state index contributed by atoms with van der Waals surface area (Å²) >= 11 is 6.37. The summed E-state index contributed by atoms with van der Waals surface area (Å²) in [5.74, 6) is 1.11. The average molecular weight is 494 g/mol. The first-order valence-corrected chi connectivity index (χ1v) is 11.4. The summed E-state index contributed by atoms with van der Waals surface area (Å²) in [5.41, 5.74) is 1.95. The lowest BCUT2D eigenvalue weighted by atomic mass is 10.0. The minimum absolute atomic E-state index is 0.152. The predicted molar refractivity (Wildman–Crippen MR) is 133 cm³/mol. The van der Waals surface area contributed by atoms with Gasteiger partial charge in [0.2, 0.25) is 11.8 Å². The Hall–Kier alpha value is -3.91. The maximum atomic E-state index is 12.3. The van der Waals surface area contributed by atoms with Gasteiger partial charge in [-0.05, 0) is 36.6 Å².